The highest BCUT2D eigenvalue weighted by atomic mass is 32.2. The minimum atomic E-state index is -4.28. The van der Waals surface area contributed by atoms with E-state index < -0.39 is 15.0 Å². The minimum Gasteiger partial charge on any atom is -0.379 e. The lowest BCUT2D eigenvalue weighted by molar-refractivity contribution is -0.385. The smallest absolute Gasteiger partial charge is 0.339 e. The number of nitrogens with zero attached hydrogens (tertiary/aromatic N) is 2. The van der Waals surface area contributed by atoms with Gasteiger partial charge in [0.25, 0.3) is 11.6 Å². The Morgan fingerprint density at radius 2 is 1.73 bits per heavy atom. The number of non-ortho nitro benzene ring substituents is 1. The van der Waals surface area contributed by atoms with E-state index in [1.165, 1.54) is 42.5 Å². The number of benzene rings is 2. The molecule has 0 spiro atoms. The molecule has 0 radical (unpaired) electrons. The third-order valence-electron chi connectivity index (χ3n) is 4.81. The van der Waals surface area contributed by atoms with Gasteiger partial charge in [0.1, 0.15) is 10.6 Å². The average Bonchev–Trinajstić information content (AvgIpc) is 2.73. The molecular formula is C19H19N3O7S. The Bertz CT molecular complexity index is 1080. The Kier molecular flexibility index (Phi) is 6.01. The summed E-state index contributed by atoms with van der Waals surface area (Å²) in [5, 5.41) is 10.8. The predicted molar refractivity (Wildman–Crippen MR) is 105 cm³/mol. The molecule has 30 heavy (non-hydrogen) atoms. The summed E-state index contributed by atoms with van der Waals surface area (Å²) in [6.07, 6.45) is 1.01. The Morgan fingerprint density at radius 3 is 2.30 bits per heavy atom. The monoisotopic (exact) mass is 433 g/mol. The van der Waals surface area contributed by atoms with Crippen LogP contribution in [0.4, 0.5) is 5.69 Å². The zero-order valence-corrected chi connectivity index (χ0v) is 16.6. The van der Waals surface area contributed by atoms with E-state index in [4.69, 9.17) is 9.92 Å². The zero-order chi connectivity index (χ0) is 21.9. The number of nitrogens with two attached hydrogens (primary N) is 1. The maximum atomic E-state index is 12.6. The van der Waals surface area contributed by atoms with Crippen molar-refractivity contribution in [3.63, 3.8) is 0 Å². The van der Waals surface area contributed by atoms with Crippen molar-refractivity contribution in [1.29, 1.82) is 0 Å². The van der Waals surface area contributed by atoms with Crippen LogP contribution in [0.5, 0.6) is 5.75 Å². The molecule has 1 aliphatic heterocycles. The normalized spacial score (nSPS) is 14.9. The molecule has 1 heterocycles. The summed E-state index contributed by atoms with van der Waals surface area (Å²) < 4.78 is 29.8. The lowest BCUT2D eigenvalue weighted by Crippen LogP contribution is -2.41. The van der Waals surface area contributed by atoms with E-state index in [-0.39, 0.29) is 34.1 Å². The van der Waals surface area contributed by atoms with E-state index in [0.717, 1.165) is 6.07 Å². The van der Waals surface area contributed by atoms with E-state index in [1.54, 1.807) is 4.90 Å². The zero-order valence-electron chi connectivity index (χ0n) is 15.8. The maximum absolute atomic E-state index is 12.6. The molecule has 10 nitrogen and oxygen atoms in total. The predicted octanol–water partition coefficient (Wildman–Crippen LogP) is 1.70. The molecule has 2 N–H and O–H groups in total. The van der Waals surface area contributed by atoms with Crippen molar-refractivity contribution in [3.8, 4) is 5.75 Å². The van der Waals surface area contributed by atoms with Crippen molar-refractivity contribution in [2.75, 3.05) is 13.1 Å². The summed E-state index contributed by atoms with van der Waals surface area (Å²) in [5.41, 5.74) is 5.26. The Balaban J connectivity index is 1.68. The molecule has 2 aromatic carbocycles. The van der Waals surface area contributed by atoms with Gasteiger partial charge in [-0.05, 0) is 43.2 Å². The number of amides is 2. The van der Waals surface area contributed by atoms with Crippen LogP contribution >= 0.6 is 0 Å². The van der Waals surface area contributed by atoms with Gasteiger partial charge in [-0.2, -0.15) is 8.42 Å². The number of carbonyl (C=O) groups excluding carboxylic acids is 2. The highest BCUT2D eigenvalue weighted by molar-refractivity contribution is 7.87. The van der Waals surface area contributed by atoms with Crippen molar-refractivity contribution in [2.24, 2.45) is 11.7 Å². The molecule has 0 aromatic heterocycles. The third kappa shape index (κ3) is 4.74. The van der Waals surface area contributed by atoms with Gasteiger partial charge in [-0.3, -0.25) is 19.7 Å². The first kappa shape index (κ1) is 21.2. The van der Waals surface area contributed by atoms with Crippen LogP contribution in [0.1, 0.15) is 23.2 Å². The number of likely N-dealkylation sites (tertiary alicyclic amines) is 1. The number of nitro benzene ring substituents is 1. The number of primary amides is 1. The molecular weight excluding hydrogens is 414 g/mol. The fraction of sp³-hybridized carbons (Fsp3) is 0.263. The topological polar surface area (TPSA) is 150 Å². The highest BCUT2D eigenvalue weighted by Crippen LogP contribution is 2.24. The molecule has 0 atom stereocenters. The van der Waals surface area contributed by atoms with Gasteiger partial charge in [-0.25, -0.2) is 0 Å². The van der Waals surface area contributed by atoms with E-state index in [9.17, 15) is 28.1 Å². The molecule has 0 unspecified atom stereocenters. The Hall–Kier alpha value is -3.47. The summed E-state index contributed by atoms with van der Waals surface area (Å²) >= 11 is 0. The fourth-order valence-electron chi connectivity index (χ4n) is 3.13. The van der Waals surface area contributed by atoms with Gasteiger partial charge in [0, 0.05) is 36.7 Å². The van der Waals surface area contributed by atoms with Crippen molar-refractivity contribution in [3.05, 3.63) is 64.2 Å². The van der Waals surface area contributed by atoms with Gasteiger partial charge in [0.2, 0.25) is 5.91 Å². The van der Waals surface area contributed by atoms with Gasteiger partial charge < -0.3 is 14.8 Å². The number of piperidine rings is 1. The van der Waals surface area contributed by atoms with Crippen LogP contribution in [0.3, 0.4) is 0 Å². The first-order valence-corrected chi connectivity index (χ1v) is 10.5. The van der Waals surface area contributed by atoms with Gasteiger partial charge in [-0.15, -0.1) is 0 Å². The van der Waals surface area contributed by atoms with Crippen LogP contribution in [0.15, 0.2) is 53.4 Å². The minimum absolute atomic E-state index is 0.0366. The van der Waals surface area contributed by atoms with Crippen LogP contribution < -0.4 is 9.92 Å². The van der Waals surface area contributed by atoms with Crippen LogP contribution in [0.25, 0.3) is 0 Å². The molecule has 11 heteroatoms. The second-order valence-corrected chi connectivity index (χ2v) is 8.33. The number of hydrogen-bond donors (Lipinski definition) is 1. The largest absolute Gasteiger partial charge is 0.379 e. The molecule has 0 aliphatic carbocycles. The standard InChI is InChI=1S/C19H19N3O7S/c20-18(23)13-8-10-21(11-9-13)19(24)14-4-6-16(7-5-14)29-30(27,28)17-3-1-2-15(12-17)22(25)26/h1-7,12-13H,8-11H2,(H2,20,23). The van der Waals surface area contributed by atoms with Crippen LogP contribution in [-0.2, 0) is 14.9 Å². The summed E-state index contributed by atoms with van der Waals surface area (Å²) in [6, 6.07) is 10.0. The molecule has 3 rings (SSSR count). The molecule has 0 bridgehead atoms. The van der Waals surface area contributed by atoms with Crippen molar-refractivity contribution in [2.45, 2.75) is 17.7 Å². The number of nitro groups is 1. The first-order chi connectivity index (χ1) is 14.2. The van der Waals surface area contributed by atoms with E-state index in [1.807, 2.05) is 0 Å². The first-order valence-electron chi connectivity index (χ1n) is 9.05. The molecule has 0 saturated carbocycles. The SMILES string of the molecule is NC(=O)C1CCN(C(=O)c2ccc(OS(=O)(=O)c3cccc([N+](=O)[O-])c3)cc2)CC1. The number of rotatable bonds is 6. The van der Waals surface area contributed by atoms with Gasteiger partial charge in [0.15, 0.2) is 0 Å². The molecule has 1 saturated heterocycles. The summed E-state index contributed by atoms with van der Waals surface area (Å²) in [6.45, 7) is 0.817. The van der Waals surface area contributed by atoms with Gasteiger partial charge in [-0.1, -0.05) is 6.07 Å². The maximum Gasteiger partial charge on any atom is 0.339 e. The molecule has 2 amide bonds. The van der Waals surface area contributed by atoms with Crippen molar-refractivity contribution in [1.82, 2.24) is 4.90 Å². The molecule has 1 fully saturated rings. The van der Waals surface area contributed by atoms with Crippen molar-refractivity contribution >= 4 is 27.6 Å². The lowest BCUT2D eigenvalue weighted by Gasteiger charge is -2.30. The quantitative estimate of drug-likeness (QED) is 0.414. The third-order valence-corrected chi connectivity index (χ3v) is 6.05. The van der Waals surface area contributed by atoms with Crippen molar-refractivity contribution < 1.29 is 27.1 Å². The van der Waals surface area contributed by atoms with Crippen LogP contribution in [0, 0.1) is 16.0 Å². The second-order valence-electron chi connectivity index (χ2n) is 6.79. The summed E-state index contributed by atoms with van der Waals surface area (Å²) in [5.74, 6) is -0.881. The summed E-state index contributed by atoms with van der Waals surface area (Å²) in [7, 11) is -4.28. The molecule has 158 valence electrons. The van der Waals surface area contributed by atoms with Gasteiger partial charge in [0.05, 0.1) is 4.92 Å². The molecule has 1 aliphatic rings. The Labute approximate surface area is 172 Å². The van der Waals surface area contributed by atoms with Gasteiger partial charge >= 0.3 is 10.1 Å². The van der Waals surface area contributed by atoms with E-state index in [0.29, 0.717) is 31.5 Å². The van der Waals surface area contributed by atoms with E-state index in [2.05, 4.69) is 0 Å². The summed E-state index contributed by atoms with van der Waals surface area (Å²) in [4.78, 5) is 35.2. The number of carbonyl (C=O) groups is 2. The second kappa shape index (κ2) is 8.49. The fourth-order valence-corrected chi connectivity index (χ4v) is 4.10. The highest BCUT2D eigenvalue weighted by Gasteiger charge is 2.26. The van der Waals surface area contributed by atoms with Crippen LogP contribution in [0.2, 0.25) is 0 Å². The average molecular weight is 433 g/mol. The van der Waals surface area contributed by atoms with Crippen LogP contribution in [-0.4, -0.2) is 43.1 Å². The van der Waals surface area contributed by atoms with E-state index >= 15 is 0 Å². The molecule has 2 aromatic rings. The Morgan fingerprint density at radius 1 is 1.10 bits per heavy atom. The number of hydrogen-bond acceptors (Lipinski definition) is 7. The lowest BCUT2D eigenvalue weighted by atomic mass is 9.96.